The maximum Gasteiger partial charge on any atom is 0.311 e. The summed E-state index contributed by atoms with van der Waals surface area (Å²) in [7, 11) is 0. The van der Waals surface area contributed by atoms with E-state index in [2.05, 4.69) is 51.2 Å². The molecule has 154 valence electrons. The molecule has 5 nitrogen and oxygen atoms in total. The zero-order chi connectivity index (χ0) is 20.6. The molecule has 3 aromatic rings. The van der Waals surface area contributed by atoms with Crippen LogP contribution in [0.25, 0.3) is 0 Å². The van der Waals surface area contributed by atoms with Crippen LogP contribution in [0.15, 0.2) is 85.2 Å². The van der Waals surface area contributed by atoms with Crippen molar-refractivity contribution in [2.45, 2.75) is 18.9 Å². The number of rotatable bonds is 7. The van der Waals surface area contributed by atoms with E-state index in [4.69, 9.17) is 4.74 Å². The first-order valence-electron chi connectivity index (χ1n) is 10.5. The molecule has 1 aliphatic heterocycles. The number of pyridine rings is 1. The molecule has 4 rings (SSSR count). The van der Waals surface area contributed by atoms with Crippen LogP contribution in [-0.4, -0.2) is 42.0 Å². The van der Waals surface area contributed by atoms with E-state index < -0.39 is 0 Å². The largest absolute Gasteiger partial charge is 0.427 e. The van der Waals surface area contributed by atoms with E-state index in [0.717, 1.165) is 32.6 Å². The second kappa shape index (κ2) is 10.0. The Bertz CT molecular complexity index is 911. The van der Waals surface area contributed by atoms with E-state index in [9.17, 15) is 4.79 Å². The normalized spacial score (nSPS) is 15.5. The summed E-state index contributed by atoms with van der Waals surface area (Å²) in [5.41, 5.74) is 2.47. The molecule has 1 unspecified atom stereocenters. The fraction of sp³-hybridized carbons (Fsp3) is 0.280. The first kappa shape index (κ1) is 20.1. The van der Waals surface area contributed by atoms with E-state index >= 15 is 0 Å². The van der Waals surface area contributed by atoms with Crippen molar-refractivity contribution in [2.75, 3.05) is 31.1 Å². The Hall–Kier alpha value is -3.18. The molecule has 1 aromatic heterocycles. The van der Waals surface area contributed by atoms with Crippen molar-refractivity contribution >= 4 is 11.7 Å². The Morgan fingerprint density at radius 2 is 1.50 bits per heavy atom. The fourth-order valence-corrected chi connectivity index (χ4v) is 4.01. The SMILES string of the molecule is O=C(CCC(c1ccccc1)N1CCN(c2ccncc2)CC1)Oc1ccccc1. The number of hydrogen-bond acceptors (Lipinski definition) is 5. The standard InChI is InChI=1S/C25H27N3O2/c29-25(30-23-9-5-2-6-10-23)12-11-24(21-7-3-1-4-8-21)28-19-17-27(18-20-28)22-13-15-26-16-14-22/h1-10,13-16,24H,11-12,17-20H2. The van der Waals surface area contributed by atoms with E-state index in [1.54, 1.807) is 0 Å². The van der Waals surface area contributed by atoms with Crippen LogP contribution in [0, 0.1) is 0 Å². The van der Waals surface area contributed by atoms with Gasteiger partial charge in [-0.05, 0) is 36.2 Å². The summed E-state index contributed by atoms with van der Waals surface area (Å²) in [6, 6.07) is 24.1. The van der Waals surface area contributed by atoms with E-state index in [0.29, 0.717) is 12.2 Å². The summed E-state index contributed by atoms with van der Waals surface area (Å²) in [6.45, 7) is 3.83. The number of hydrogen-bond donors (Lipinski definition) is 0. The molecule has 0 amide bonds. The number of carbonyl (C=O) groups is 1. The van der Waals surface area contributed by atoms with Crippen LogP contribution in [0.4, 0.5) is 5.69 Å². The number of esters is 1. The summed E-state index contributed by atoms with van der Waals surface area (Å²) in [5, 5.41) is 0. The molecule has 0 N–H and O–H groups in total. The van der Waals surface area contributed by atoms with Crippen molar-refractivity contribution in [3.05, 3.63) is 90.8 Å². The Labute approximate surface area is 177 Å². The van der Waals surface area contributed by atoms with Crippen LogP contribution >= 0.6 is 0 Å². The molecule has 30 heavy (non-hydrogen) atoms. The lowest BCUT2D eigenvalue weighted by Crippen LogP contribution is -2.47. The topological polar surface area (TPSA) is 45.7 Å². The van der Waals surface area contributed by atoms with Gasteiger partial charge in [-0.3, -0.25) is 14.7 Å². The smallest absolute Gasteiger partial charge is 0.311 e. The molecule has 2 aromatic carbocycles. The van der Waals surface area contributed by atoms with Crippen molar-refractivity contribution in [1.82, 2.24) is 9.88 Å². The Balaban J connectivity index is 1.39. The lowest BCUT2D eigenvalue weighted by atomic mass is 9.99. The highest BCUT2D eigenvalue weighted by Gasteiger charge is 2.26. The van der Waals surface area contributed by atoms with Gasteiger partial charge in [0.15, 0.2) is 0 Å². The molecule has 1 atom stereocenters. The number of carbonyl (C=O) groups excluding carboxylic acids is 1. The average Bonchev–Trinajstić information content (AvgIpc) is 2.81. The molecule has 0 radical (unpaired) electrons. The predicted octanol–water partition coefficient (Wildman–Crippen LogP) is 4.33. The molecule has 1 fully saturated rings. The second-order valence-electron chi connectivity index (χ2n) is 7.48. The van der Waals surface area contributed by atoms with Gasteiger partial charge in [0.25, 0.3) is 0 Å². The maximum atomic E-state index is 12.4. The molecule has 1 saturated heterocycles. The van der Waals surface area contributed by atoms with Gasteiger partial charge < -0.3 is 9.64 Å². The Kier molecular flexibility index (Phi) is 6.72. The lowest BCUT2D eigenvalue weighted by molar-refractivity contribution is -0.134. The molecule has 0 spiro atoms. The highest BCUT2D eigenvalue weighted by atomic mass is 16.5. The van der Waals surface area contributed by atoms with Gasteiger partial charge >= 0.3 is 5.97 Å². The van der Waals surface area contributed by atoms with Gasteiger partial charge in [-0.2, -0.15) is 0 Å². The quantitative estimate of drug-likeness (QED) is 0.436. The number of aromatic nitrogens is 1. The molecule has 0 saturated carbocycles. The summed E-state index contributed by atoms with van der Waals surface area (Å²) in [4.78, 5) is 21.4. The molecule has 0 bridgehead atoms. The van der Waals surface area contributed by atoms with Gasteiger partial charge in [-0.1, -0.05) is 48.5 Å². The number of nitrogens with zero attached hydrogens (tertiary/aromatic N) is 3. The molecular weight excluding hydrogens is 374 g/mol. The minimum Gasteiger partial charge on any atom is -0.427 e. The van der Waals surface area contributed by atoms with Crippen molar-refractivity contribution in [1.29, 1.82) is 0 Å². The number of para-hydroxylation sites is 1. The van der Waals surface area contributed by atoms with E-state index in [-0.39, 0.29) is 12.0 Å². The van der Waals surface area contributed by atoms with Crippen LogP contribution in [0.1, 0.15) is 24.4 Å². The average molecular weight is 402 g/mol. The summed E-state index contributed by atoms with van der Waals surface area (Å²) >= 11 is 0. The Morgan fingerprint density at radius 1 is 0.867 bits per heavy atom. The van der Waals surface area contributed by atoms with Crippen LogP contribution < -0.4 is 9.64 Å². The van der Waals surface area contributed by atoms with E-state index in [1.807, 2.05) is 48.8 Å². The van der Waals surface area contributed by atoms with Gasteiger partial charge in [0, 0.05) is 56.7 Å². The predicted molar refractivity (Wildman–Crippen MR) is 119 cm³/mol. The highest BCUT2D eigenvalue weighted by molar-refractivity contribution is 5.72. The van der Waals surface area contributed by atoms with Crippen LogP contribution in [-0.2, 0) is 4.79 Å². The summed E-state index contributed by atoms with van der Waals surface area (Å²) < 4.78 is 5.49. The molecular formula is C25H27N3O2. The minimum absolute atomic E-state index is 0.183. The van der Waals surface area contributed by atoms with Crippen molar-refractivity contribution < 1.29 is 9.53 Å². The minimum atomic E-state index is -0.183. The first-order valence-corrected chi connectivity index (χ1v) is 10.5. The van der Waals surface area contributed by atoms with Crippen LogP contribution in [0.2, 0.25) is 0 Å². The zero-order valence-corrected chi connectivity index (χ0v) is 17.1. The first-order chi connectivity index (χ1) is 14.8. The van der Waals surface area contributed by atoms with Gasteiger partial charge in [0.1, 0.15) is 5.75 Å². The number of ether oxygens (including phenoxy) is 1. The van der Waals surface area contributed by atoms with Crippen LogP contribution in [0.5, 0.6) is 5.75 Å². The third-order valence-electron chi connectivity index (χ3n) is 5.56. The number of piperazine rings is 1. The third-order valence-corrected chi connectivity index (χ3v) is 5.56. The molecule has 1 aliphatic rings. The van der Waals surface area contributed by atoms with E-state index in [1.165, 1.54) is 11.3 Å². The van der Waals surface area contributed by atoms with Gasteiger partial charge in [-0.25, -0.2) is 0 Å². The van der Waals surface area contributed by atoms with Gasteiger partial charge in [-0.15, -0.1) is 0 Å². The summed E-state index contributed by atoms with van der Waals surface area (Å²) in [5.74, 6) is 0.419. The second-order valence-corrected chi connectivity index (χ2v) is 7.48. The van der Waals surface area contributed by atoms with Crippen molar-refractivity contribution in [3.8, 4) is 5.75 Å². The third kappa shape index (κ3) is 5.24. The number of benzene rings is 2. The van der Waals surface area contributed by atoms with Gasteiger partial charge in [0.05, 0.1) is 0 Å². The summed E-state index contributed by atoms with van der Waals surface area (Å²) in [6.07, 6.45) is 4.81. The lowest BCUT2D eigenvalue weighted by Gasteiger charge is -2.40. The van der Waals surface area contributed by atoms with Crippen LogP contribution in [0.3, 0.4) is 0 Å². The molecule has 2 heterocycles. The highest BCUT2D eigenvalue weighted by Crippen LogP contribution is 2.28. The van der Waals surface area contributed by atoms with Crippen molar-refractivity contribution in [2.24, 2.45) is 0 Å². The molecule has 0 aliphatic carbocycles. The maximum absolute atomic E-state index is 12.4. The molecule has 5 heteroatoms. The van der Waals surface area contributed by atoms with Gasteiger partial charge in [0.2, 0.25) is 0 Å². The van der Waals surface area contributed by atoms with Crippen molar-refractivity contribution in [3.63, 3.8) is 0 Å². The Morgan fingerprint density at radius 3 is 2.17 bits per heavy atom. The fourth-order valence-electron chi connectivity index (χ4n) is 4.01. The number of anilines is 1. The zero-order valence-electron chi connectivity index (χ0n) is 17.1. The monoisotopic (exact) mass is 401 g/mol.